The molecule has 0 aliphatic heterocycles. The predicted molar refractivity (Wildman–Crippen MR) is 70.3 cm³/mol. The Hall–Kier alpha value is -2.76. The van der Waals surface area contributed by atoms with Crippen LogP contribution in [-0.4, -0.2) is 25.4 Å². The van der Waals surface area contributed by atoms with Crippen molar-refractivity contribution in [3.05, 3.63) is 42.4 Å². The van der Waals surface area contributed by atoms with Crippen LogP contribution in [0.25, 0.3) is 22.6 Å². The first-order valence-electron chi connectivity index (χ1n) is 5.69. The predicted octanol–water partition coefficient (Wildman–Crippen LogP) is 1.13. The molecule has 19 heavy (non-hydrogen) atoms. The number of aryl methyl sites for hydroxylation is 1. The first-order chi connectivity index (χ1) is 9.15. The first kappa shape index (κ1) is 11.3. The molecule has 0 saturated carbocycles. The van der Waals surface area contributed by atoms with Crippen molar-refractivity contribution in [2.45, 2.75) is 0 Å². The van der Waals surface area contributed by atoms with Crippen LogP contribution in [0.5, 0.6) is 0 Å². The lowest BCUT2D eigenvalue weighted by Crippen LogP contribution is -2.10. The van der Waals surface area contributed by atoms with E-state index in [9.17, 15) is 4.79 Å². The monoisotopic (exact) mass is 253 g/mol. The zero-order chi connectivity index (χ0) is 13.4. The second-order valence-electron chi connectivity index (χ2n) is 4.20. The molecule has 1 amide bonds. The lowest BCUT2D eigenvalue weighted by molar-refractivity contribution is 0.100. The molecule has 94 valence electrons. The molecule has 0 saturated heterocycles. The van der Waals surface area contributed by atoms with Crippen LogP contribution in [-0.2, 0) is 7.05 Å². The first-order valence-corrected chi connectivity index (χ1v) is 5.69. The molecule has 3 rings (SSSR count). The molecule has 0 spiro atoms. The molecule has 6 nitrogen and oxygen atoms in total. The zero-order valence-corrected chi connectivity index (χ0v) is 10.2. The number of nitrogens with two attached hydrogens (primary N) is 1. The summed E-state index contributed by atoms with van der Waals surface area (Å²) in [7, 11) is 1.88. The molecule has 3 aromatic rings. The van der Waals surface area contributed by atoms with Gasteiger partial charge >= 0.3 is 0 Å². The minimum atomic E-state index is -0.449. The number of benzene rings is 1. The van der Waals surface area contributed by atoms with Crippen LogP contribution in [0.4, 0.5) is 0 Å². The standard InChI is InChI=1S/C13H11N5O/c1-18-7-16-10-6-15-12(17-13(10)18)9-4-2-8(3-5-9)11(14)19/h2-7H,1H3,(H2,14,19). The van der Waals surface area contributed by atoms with Crippen LogP contribution in [0.2, 0.25) is 0 Å². The lowest BCUT2D eigenvalue weighted by atomic mass is 10.1. The van der Waals surface area contributed by atoms with Crippen LogP contribution in [0.1, 0.15) is 10.4 Å². The van der Waals surface area contributed by atoms with Gasteiger partial charge in [0, 0.05) is 18.2 Å². The van der Waals surface area contributed by atoms with Gasteiger partial charge in [0.25, 0.3) is 0 Å². The SMILES string of the molecule is Cn1cnc2cnc(-c3ccc(C(N)=O)cc3)nc21. The number of carbonyl (C=O) groups is 1. The number of hydrogen-bond donors (Lipinski definition) is 1. The smallest absolute Gasteiger partial charge is 0.248 e. The Kier molecular flexibility index (Phi) is 2.49. The summed E-state index contributed by atoms with van der Waals surface area (Å²) in [5, 5.41) is 0. The number of nitrogens with zero attached hydrogens (tertiary/aromatic N) is 4. The van der Waals surface area contributed by atoms with Gasteiger partial charge in [-0.2, -0.15) is 0 Å². The number of rotatable bonds is 2. The highest BCUT2D eigenvalue weighted by atomic mass is 16.1. The van der Waals surface area contributed by atoms with E-state index >= 15 is 0 Å². The molecule has 0 atom stereocenters. The van der Waals surface area contributed by atoms with Crippen molar-refractivity contribution in [2.75, 3.05) is 0 Å². The lowest BCUT2D eigenvalue weighted by Gasteiger charge is -2.01. The van der Waals surface area contributed by atoms with Crippen LogP contribution < -0.4 is 5.73 Å². The topological polar surface area (TPSA) is 86.7 Å². The summed E-state index contributed by atoms with van der Waals surface area (Å²) in [6, 6.07) is 6.87. The molecule has 0 aliphatic rings. The van der Waals surface area contributed by atoms with E-state index in [1.54, 1.807) is 36.8 Å². The van der Waals surface area contributed by atoms with E-state index in [1.807, 2.05) is 11.6 Å². The summed E-state index contributed by atoms with van der Waals surface area (Å²) < 4.78 is 1.83. The van der Waals surface area contributed by atoms with Crippen molar-refractivity contribution in [3.63, 3.8) is 0 Å². The van der Waals surface area contributed by atoms with Gasteiger partial charge < -0.3 is 10.3 Å². The average Bonchev–Trinajstić information content (AvgIpc) is 2.80. The summed E-state index contributed by atoms with van der Waals surface area (Å²) in [4.78, 5) is 23.9. The van der Waals surface area contributed by atoms with Crippen molar-refractivity contribution >= 4 is 17.1 Å². The maximum atomic E-state index is 11.0. The van der Waals surface area contributed by atoms with Crippen LogP contribution >= 0.6 is 0 Å². The Bertz CT molecular complexity index is 760. The molecule has 0 aliphatic carbocycles. The Morgan fingerprint density at radius 3 is 2.63 bits per heavy atom. The third kappa shape index (κ3) is 1.93. The minimum Gasteiger partial charge on any atom is -0.366 e. The van der Waals surface area contributed by atoms with Gasteiger partial charge in [-0.3, -0.25) is 4.79 Å². The van der Waals surface area contributed by atoms with Crippen LogP contribution in [0.3, 0.4) is 0 Å². The third-order valence-electron chi connectivity index (χ3n) is 2.88. The molecule has 2 aromatic heterocycles. The molecule has 0 fully saturated rings. The number of fused-ring (bicyclic) bond motifs is 1. The molecular formula is C13H11N5O. The Morgan fingerprint density at radius 2 is 1.95 bits per heavy atom. The highest BCUT2D eigenvalue weighted by molar-refractivity contribution is 5.93. The van der Waals surface area contributed by atoms with Gasteiger partial charge in [-0.05, 0) is 12.1 Å². The maximum Gasteiger partial charge on any atom is 0.248 e. The highest BCUT2D eigenvalue weighted by Gasteiger charge is 2.07. The number of aromatic nitrogens is 4. The Morgan fingerprint density at radius 1 is 1.21 bits per heavy atom. The third-order valence-corrected chi connectivity index (χ3v) is 2.88. The second-order valence-corrected chi connectivity index (χ2v) is 4.20. The van der Waals surface area contributed by atoms with E-state index in [0.717, 1.165) is 16.7 Å². The fraction of sp³-hybridized carbons (Fsp3) is 0.0769. The number of primary amides is 1. The fourth-order valence-electron chi connectivity index (χ4n) is 1.84. The molecule has 2 N–H and O–H groups in total. The number of carbonyl (C=O) groups excluding carboxylic acids is 1. The summed E-state index contributed by atoms with van der Waals surface area (Å²) >= 11 is 0. The fourth-order valence-corrected chi connectivity index (χ4v) is 1.84. The van der Waals surface area contributed by atoms with E-state index in [2.05, 4.69) is 15.0 Å². The molecule has 1 aromatic carbocycles. The number of imidazole rings is 1. The summed E-state index contributed by atoms with van der Waals surface area (Å²) in [6.45, 7) is 0. The van der Waals surface area contributed by atoms with E-state index in [0.29, 0.717) is 11.4 Å². The largest absolute Gasteiger partial charge is 0.366 e. The van der Waals surface area contributed by atoms with Crippen molar-refractivity contribution in [2.24, 2.45) is 12.8 Å². The van der Waals surface area contributed by atoms with Gasteiger partial charge in [-0.1, -0.05) is 12.1 Å². The number of hydrogen-bond acceptors (Lipinski definition) is 4. The van der Waals surface area contributed by atoms with Crippen LogP contribution in [0.15, 0.2) is 36.8 Å². The van der Waals surface area contributed by atoms with Gasteiger partial charge in [-0.15, -0.1) is 0 Å². The van der Waals surface area contributed by atoms with E-state index in [1.165, 1.54) is 0 Å². The van der Waals surface area contributed by atoms with Gasteiger partial charge in [-0.25, -0.2) is 15.0 Å². The van der Waals surface area contributed by atoms with Crippen molar-refractivity contribution in [1.82, 2.24) is 19.5 Å². The minimum absolute atomic E-state index is 0.449. The van der Waals surface area contributed by atoms with Gasteiger partial charge in [0.1, 0.15) is 5.52 Å². The van der Waals surface area contributed by atoms with Gasteiger partial charge in [0.15, 0.2) is 11.5 Å². The summed E-state index contributed by atoms with van der Waals surface area (Å²) in [5.41, 5.74) is 8.01. The van der Waals surface area contributed by atoms with Crippen LogP contribution in [0, 0.1) is 0 Å². The normalized spacial score (nSPS) is 10.8. The highest BCUT2D eigenvalue weighted by Crippen LogP contribution is 2.18. The summed E-state index contributed by atoms with van der Waals surface area (Å²) in [5.74, 6) is 0.140. The Balaban J connectivity index is 2.08. The van der Waals surface area contributed by atoms with Gasteiger partial charge in [0.05, 0.1) is 12.5 Å². The summed E-state index contributed by atoms with van der Waals surface area (Å²) in [6.07, 6.45) is 3.37. The van der Waals surface area contributed by atoms with Crippen molar-refractivity contribution in [1.29, 1.82) is 0 Å². The molecule has 0 bridgehead atoms. The molecule has 0 unspecified atom stereocenters. The van der Waals surface area contributed by atoms with E-state index in [4.69, 9.17) is 5.73 Å². The molecule has 6 heteroatoms. The zero-order valence-electron chi connectivity index (χ0n) is 10.2. The number of amides is 1. The maximum absolute atomic E-state index is 11.0. The van der Waals surface area contributed by atoms with Crippen molar-refractivity contribution in [3.8, 4) is 11.4 Å². The average molecular weight is 253 g/mol. The van der Waals surface area contributed by atoms with Gasteiger partial charge in [0.2, 0.25) is 5.91 Å². The van der Waals surface area contributed by atoms with E-state index in [-0.39, 0.29) is 0 Å². The molecule has 0 radical (unpaired) electrons. The molecular weight excluding hydrogens is 242 g/mol. The van der Waals surface area contributed by atoms with E-state index < -0.39 is 5.91 Å². The second kappa shape index (κ2) is 4.16. The quantitative estimate of drug-likeness (QED) is 0.741. The Labute approximate surface area is 108 Å². The van der Waals surface area contributed by atoms with Crippen molar-refractivity contribution < 1.29 is 4.79 Å². The molecule has 2 heterocycles.